The molecule has 4 rings (SSSR count). The highest BCUT2D eigenvalue weighted by Gasteiger charge is 2.16. The Hall–Kier alpha value is -4.21. The van der Waals surface area contributed by atoms with Crippen LogP contribution >= 0.6 is 7.82 Å². The zero-order valence-corrected chi connectivity index (χ0v) is 24.8. The summed E-state index contributed by atoms with van der Waals surface area (Å²) in [4.78, 5) is 40.7. The molecule has 2 aromatic heterocycles. The van der Waals surface area contributed by atoms with Gasteiger partial charge in [-0.3, -0.25) is 14.4 Å². The van der Waals surface area contributed by atoms with Crippen LogP contribution < -0.4 is 20.1 Å². The number of phosphoric ester groups is 1. The standard InChI is InChI=1S/C27H32F2N7O7P/c1-3-36(6-8-43-44(38,39)40)5-4-7-42-24-15-22-21(14-23(24)41-2)27(31-16-30-22)33-25-12-20(34-35-25)13-26(37)32-19-10-17(28)9-18(29)11-19/h9-12,14-16H,3-8,13H2,1-2H3,(H,32,37)(H2,38,39,40)(H2,30,31,33,34,35). The van der Waals surface area contributed by atoms with Gasteiger partial charge in [-0.2, -0.15) is 5.10 Å². The van der Waals surface area contributed by atoms with Crippen LogP contribution in [0, 0.1) is 11.6 Å². The number of hydrogen-bond acceptors (Lipinski definition) is 10. The number of rotatable bonds is 16. The first-order valence-corrected chi connectivity index (χ1v) is 15.0. The van der Waals surface area contributed by atoms with E-state index in [0.717, 1.165) is 12.1 Å². The maximum absolute atomic E-state index is 13.4. The number of nitrogens with one attached hydrogen (secondary N) is 3. The van der Waals surface area contributed by atoms with Crippen LogP contribution in [0.3, 0.4) is 0 Å². The van der Waals surface area contributed by atoms with Crippen molar-refractivity contribution in [2.24, 2.45) is 0 Å². The minimum Gasteiger partial charge on any atom is -0.493 e. The second-order valence-corrected chi connectivity index (χ2v) is 10.7. The molecule has 0 fully saturated rings. The van der Waals surface area contributed by atoms with E-state index < -0.39 is 25.4 Å². The predicted octanol–water partition coefficient (Wildman–Crippen LogP) is 3.76. The number of carbonyl (C=O) groups excluding carboxylic acids is 1. The van der Waals surface area contributed by atoms with Crippen molar-refractivity contribution < 1.29 is 41.9 Å². The van der Waals surface area contributed by atoms with Gasteiger partial charge in [-0.05, 0) is 31.2 Å². The number of anilines is 3. The largest absolute Gasteiger partial charge is 0.493 e. The van der Waals surface area contributed by atoms with E-state index >= 15 is 0 Å². The van der Waals surface area contributed by atoms with Crippen LogP contribution in [0.5, 0.6) is 11.5 Å². The summed E-state index contributed by atoms with van der Waals surface area (Å²) in [6, 6.07) is 7.80. The summed E-state index contributed by atoms with van der Waals surface area (Å²) >= 11 is 0. The van der Waals surface area contributed by atoms with Crippen molar-refractivity contribution in [3.63, 3.8) is 0 Å². The van der Waals surface area contributed by atoms with Gasteiger partial charge in [-0.15, -0.1) is 0 Å². The fourth-order valence-electron chi connectivity index (χ4n) is 4.26. The number of H-pyrrole nitrogens is 1. The molecule has 5 N–H and O–H groups in total. The van der Waals surface area contributed by atoms with Gasteiger partial charge in [0.05, 0.1) is 32.3 Å². The molecule has 14 nitrogen and oxygen atoms in total. The molecular formula is C27H32F2N7O7P. The first-order chi connectivity index (χ1) is 21.0. The molecule has 0 saturated carbocycles. The molecule has 2 aromatic carbocycles. The quantitative estimate of drug-likeness (QED) is 0.0889. The van der Waals surface area contributed by atoms with Gasteiger partial charge in [0.2, 0.25) is 5.91 Å². The number of methoxy groups -OCH3 is 1. The molecular weight excluding hydrogens is 603 g/mol. The van der Waals surface area contributed by atoms with Gasteiger partial charge in [0, 0.05) is 48.1 Å². The topological polar surface area (TPSA) is 184 Å². The average Bonchev–Trinajstić information content (AvgIpc) is 3.39. The molecule has 0 radical (unpaired) electrons. The first-order valence-electron chi connectivity index (χ1n) is 13.5. The van der Waals surface area contributed by atoms with Crippen LogP contribution in [-0.2, 0) is 20.3 Å². The number of halogens is 2. The minimum absolute atomic E-state index is 0.00389. The van der Waals surface area contributed by atoms with E-state index in [4.69, 9.17) is 19.3 Å². The van der Waals surface area contributed by atoms with E-state index in [2.05, 4.69) is 35.3 Å². The lowest BCUT2D eigenvalue weighted by Gasteiger charge is -2.20. The fraction of sp³-hybridized carbons (Fsp3) is 0.333. The number of nitrogens with zero attached hydrogens (tertiary/aromatic N) is 4. The number of aromatic amines is 1. The van der Waals surface area contributed by atoms with E-state index in [-0.39, 0.29) is 18.7 Å². The number of aromatic nitrogens is 4. The zero-order valence-electron chi connectivity index (χ0n) is 23.9. The second kappa shape index (κ2) is 15.0. The average molecular weight is 636 g/mol. The molecule has 0 aliphatic heterocycles. The lowest BCUT2D eigenvalue weighted by molar-refractivity contribution is -0.115. The van der Waals surface area contributed by atoms with E-state index in [1.807, 2.05) is 11.8 Å². The number of hydrogen-bond donors (Lipinski definition) is 5. The SMILES string of the molecule is CCN(CCCOc1cc2ncnc(Nc3cc(CC(=O)Nc4cc(F)cc(F)c4)[nH]n3)c2cc1OC)CCOP(=O)(O)O. The molecule has 0 atom stereocenters. The fourth-order valence-corrected chi connectivity index (χ4v) is 4.58. The van der Waals surface area contributed by atoms with E-state index in [9.17, 15) is 18.1 Å². The first kappa shape index (κ1) is 32.7. The predicted molar refractivity (Wildman–Crippen MR) is 157 cm³/mol. The molecule has 44 heavy (non-hydrogen) atoms. The Kier molecular flexibility index (Phi) is 11.1. The van der Waals surface area contributed by atoms with Crippen molar-refractivity contribution in [2.45, 2.75) is 19.8 Å². The number of carbonyl (C=O) groups is 1. The third kappa shape index (κ3) is 9.65. The van der Waals surface area contributed by atoms with Crippen LogP contribution in [0.4, 0.5) is 26.1 Å². The summed E-state index contributed by atoms with van der Waals surface area (Å²) in [6.45, 7) is 3.89. The van der Waals surface area contributed by atoms with Crippen molar-refractivity contribution in [3.05, 3.63) is 60.1 Å². The molecule has 236 valence electrons. The zero-order chi connectivity index (χ0) is 31.7. The Balaban J connectivity index is 1.36. The van der Waals surface area contributed by atoms with Crippen LogP contribution in [0.15, 0.2) is 42.7 Å². The smallest absolute Gasteiger partial charge is 0.469 e. The lowest BCUT2D eigenvalue weighted by atomic mass is 10.2. The van der Waals surface area contributed by atoms with Gasteiger partial charge >= 0.3 is 7.82 Å². The number of ether oxygens (including phenoxy) is 2. The minimum atomic E-state index is -4.49. The third-order valence-corrected chi connectivity index (χ3v) is 6.80. The Morgan fingerprint density at radius 1 is 1.05 bits per heavy atom. The molecule has 0 saturated heterocycles. The highest BCUT2D eigenvalue weighted by molar-refractivity contribution is 7.46. The number of fused-ring (bicyclic) bond motifs is 1. The Morgan fingerprint density at radius 2 is 1.82 bits per heavy atom. The van der Waals surface area contributed by atoms with Crippen molar-refractivity contribution in [1.29, 1.82) is 0 Å². The van der Waals surface area contributed by atoms with Gasteiger partial charge in [0.25, 0.3) is 0 Å². The molecule has 17 heteroatoms. The molecule has 2 heterocycles. The normalized spacial score (nSPS) is 11.6. The maximum atomic E-state index is 13.4. The van der Waals surface area contributed by atoms with E-state index in [1.54, 1.807) is 18.2 Å². The summed E-state index contributed by atoms with van der Waals surface area (Å²) in [5, 5.41) is 13.1. The maximum Gasteiger partial charge on any atom is 0.469 e. The van der Waals surface area contributed by atoms with Crippen molar-refractivity contribution in [2.75, 3.05) is 50.6 Å². The molecule has 0 spiro atoms. The molecule has 0 aliphatic carbocycles. The van der Waals surface area contributed by atoms with Gasteiger partial charge in [0.1, 0.15) is 23.8 Å². The van der Waals surface area contributed by atoms with Crippen LogP contribution in [0.25, 0.3) is 10.9 Å². The Bertz CT molecular complexity index is 1620. The number of phosphoric acid groups is 1. The summed E-state index contributed by atoms with van der Waals surface area (Å²) in [5.74, 6) is -0.373. The lowest BCUT2D eigenvalue weighted by Crippen LogP contribution is -2.29. The monoisotopic (exact) mass is 635 g/mol. The molecule has 0 bridgehead atoms. The molecule has 1 amide bonds. The van der Waals surface area contributed by atoms with Crippen LogP contribution in [-0.4, -0.2) is 80.7 Å². The Labute approximate surface area is 251 Å². The number of benzene rings is 2. The highest BCUT2D eigenvalue weighted by atomic mass is 31.2. The molecule has 0 unspecified atom stereocenters. The summed E-state index contributed by atoms with van der Waals surface area (Å²) < 4.78 is 53.7. The molecule has 4 aromatic rings. The highest BCUT2D eigenvalue weighted by Crippen LogP contribution is 2.36. The van der Waals surface area contributed by atoms with Gasteiger partial charge in [0.15, 0.2) is 17.3 Å². The third-order valence-electron chi connectivity index (χ3n) is 6.29. The number of amides is 1. The van der Waals surface area contributed by atoms with Crippen LogP contribution in [0.2, 0.25) is 0 Å². The number of likely N-dealkylation sites (N-methyl/N-ethyl adjacent to an activating group) is 1. The van der Waals surface area contributed by atoms with E-state index in [0.29, 0.717) is 78.5 Å². The Morgan fingerprint density at radius 3 is 2.52 bits per heavy atom. The summed E-state index contributed by atoms with van der Waals surface area (Å²) in [5.41, 5.74) is 1.02. The summed E-state index contributed by atoms with van der Waals surface area (Å²) in [6.07, 6.45) is 1.89. The van der Waals surface area contributed by atoms with E-state index in [1.165, 1.54) is 13.4 Å². The van der Waals surface area contributed by atoms with Crippen molar-refractivity contribution >= 4 is 42.0 Å². The van der Waals surface area contributed by atoms with Gasteiger partial charge in [-0.1, -0.05) is 6.92 Å². The van der Waals surface area contributed by atoms with Crippen molar-refractivity contribution in [3.8, 4) is 11.5 Å². The summed E-state index contributed by atoms with van der Waals surface area (Å²) in [7, 11) is -2.99. The second-order valence-electron chi connectivity index (χ2n) is 9.49. The van der Waals surface area contributed by atoms with Crippen molar-refractivity contribution in [1.82, 2.24) is 25.1 Å². The molecule has 0 aliphatic rings. The van der Waals surface area contributed by atoms with Crippen LogP contribution in [0.1, 0.15) is 19.0 Å². The van der Waals surface area contributed by atoms with Gasteiger partial charge in [-0.25, -0.2) is 23.3 Å². The van der Waals surface area contributed by atoms with Gasteiger partial charge < -0.3 is 34.8 Å².